The number of ether oxygens (including phenoxy) is 1. The van der Waals surface area contributed by atoms with Gasteiger partial charge in [-0.15, -0.1) is 0 Å². The second kappa shape index (κ2) is 6.22. The number of rotatable bonds is 4. The third-order valence-corrected chi connectivity index (χ3v) is 4.34. The fourth-order valence-electron chi connectivity index (χ4n) is 3.09. The van der Waals surface area contributed by atoms with Gasteiger partial charge >= 0.3 is 0 Å². The van der Waals surface area contributed by atoms with Crippen LogP contribution in [0.2, 0.25) is 0 Å². The molecule has 22 heavy (non-hydrogen) atoms. The highest BCUT2D eigenvalue weighted by Crippen LogP contribution is 2.34. The highest BCUT2D eigenvalue weighted by atomic mass is 16.5. The maximum absolute atomic E-state index is 12.8. The summed E-state index contributed by atoms with van der Waals surface area (Å²) in [5.41, 5.74) is 1.14. The van der Waals surface area contributed by atoms with Gasteiger partial charge in [0.05, 0.1) is 19.5 Å². The molecular weight excluding hydrogens is 278 g/mol. The Labute approximate surface area is 130 Å². The van der Waals surface area contributed by atoms with Gasteiger partial charge in [-0.2, -0.15) is 0 Å². The van der Waals surface area contributed by atoms with Crippen LogP contribution >= 0.6 is 0 Å². The van der Waals surface area contributed by atoms with Crippen molar-refractivity contribution in [3.05, 3.63) is 48.5 Å². The van der Waals surface area contributed by atoms with Crippen LogP contribution in [-0.4, -0.2) is 34.0 Å². The van der Waals surface area contributed by atoms with Crippen LogP contribution in [0.1, 0.15) is 37.4 Å². The van der Waals surface area contributed by atoms with Crippen LogP contribution in [0.4, 0.5) is 0 Å². The molecule has 1 amide bonds. The van der Waals surface area contributed by atoms with E-state index in [-0.39, 0.29) is 18.0 Å². The lowest BCUT2D eigenvalue weighted by molar-refractivity contribution is -0.135. The quantitative estimate of drug-likeness (QED) is 0.872. The highest BCUT2D eigenvalue weighted by Gasteiger charge is 2.32. The Kier molecular flexibility index (Phi) is 4.13. The lowest BCUT2D eigenvalue weighted by Crippen LogP contribution is -2.35. The smallest absolute Gasteiger partial charge is 0.245 e. The third-order valence-electron chi connectivity index (χ3n) is 4.34. The maximum Gasteiger partial charge on any atom is 0.245 e. The van der Waals surface area contributed by atoms with E-state index in [1.165, 1.54) is 0 Å². The number of nitrogens with zero attached hydrogens (tertiary/aromatic N) is 3. The van der Waals surface area contributed by atoms with Gasteiger partial charge < -0.3 is 14.2 Å². The fraction of sp³-hybridized carbons (Fsp3) is 0.412. The first-order valence-corrected chi connectivity index (χ1v) is 7.62. The number of likely N-dealkylation sites (tertiary alicyclic amines) is 1. The van der Waals surface area contributed by atoms with Crippen LogP contribution in [0, 0.1) is 0 Å². The summed E-state index contributed by atoms with van der Waals surface area (Å²) in [6.07, 6.45) is 7.26. The summed E-state index contributed by atoms with van der Waals surface area (Å²) in [5, 5.41) is 0. The molecule has 0 unspecified atom stereocenters. The molecule has 2 heterocycles. The average Bonchev–Trinajstić information content (AvgIpc) is 3.24. The minimum Gasteiger partial charge on any atom is -0.497 e. The van der Waals surface area contributed by atoms with Crippen molar-refractivity contribution in [1.82, 2.24) is 14.5 Å². The molecule has 0 bridgehead atoms. The summed E-state index contributed by atoms with van der Waals surface area (Å²) < 4.78 is 7.15. The fourth-order valence-corrected chi connectivity index (χ4v) is 3.09. The van der Waals surface area contributed by atoms with Gasteiger partial charge in [0.2, 0.25) is 5.91 Å². The van der Waals surface area contributed by atoms with E-state index in [1.807, 2.05) is 40.8 Å². The molecule has 0 saturated carbocycles. The van der Waals surface area contributed by atoms with E-state index in [2.05, 4.69) is 11.1 Å². The number of imidazole rings is 1. The molecular formula is C17H21N3O2. The van der Waals surface area contributed by atoms with Crippen molar-refractivity contribution < 1.29 is 9.53 Å². The van der Waals surface area contributed by atoms with E-state index in [9.17, 15) is 4.79 Å². The summed E-state index contributed by atoms with van der Waals surface area (Å²) in [4.78, 5) is 18.8. The van der Waals surface area contributed by atoms with Crippen LogP contribution in [0.25, 0.3) is 0 Å². The van der Waals surface area contributed by atoms with E-state index in [1.54, 1.807) is 19.6 Å². The molecule has 1 aromatic heterocycles. The molecule has 5 nitrogen and oxygen atoms in total. The molecule has 0 aliphatic carbocycles. The normalized spacial score (nSPS) is 19.2. The summed E-state index contributed by atoms with van der Waals surface area (Å²) in [5.74, 6) is 0.975. The van der Waals surface area contributed by atoms with Crippen molar-refractivity contribution in [2.45, 2.75) is 31.8 Å². The van der Waals surface area contributed by atoms with Crippen molar-refractivity contribution >= 4 is 5.91 Å². The number of methoxy groups -OCH3 is 1. The van der Waals surface area contributed by atoms with Crippen LogP contribution in [0.3, 0.4) is 0 Å². The number of hydrogen-bond donors (Lipinski definition) is 0. The molecule has 1 aromatic carbocycles. The Morgan fingerprint density at radius 3 is 3.05 bits per heavy atom. The predicted molar refractivity (Wildman–Crippen MR) is 83.6 cm³/mol. The number of aromatic nitrogens is 2. The number of carbonyl (C=O) groups is 1. The molecule has 1 saturated heterocycles. The number of hydrogen-bond acceptors (Lipinski definition) is 3. The number of carbonyl (C=O) groups excluding carboxylic acids is 1. The van der Waals surface area contributed by atoms with E-state index >= 15 is 0 Å². The van der Waals surface area contributed by atoms with Gasteiger partial charge in [-0.1, -0.05) is 12.1 Å². The van der Waals surface area contributed by atoms with Gasteiger partial charge in [0, 0.05) is 18.9 Å². The lowest BCUT2D eigenvalue weighted by Gasteiger charge is -2.28. The van der Waals surface area contributed by atoms with Gasteiger partial charge in [0.25, 0.3) is 0 Å². The topological polar surface area (TPSA) is 47.4 Å². The molecule has 0 spiro atoms. The van der Waals surface area contributed by atoms with Crippen LogP contribution in [-0.2, 0) is 4.79 Å². The minimum absolute atomic E-state index is 0.133. The average molecular weight is 299 g/mol. The first-order valence-electron chi connectivity index (χ1n) is 7.62. The summed E-state index contributed by atoms with van der Waals surface area (Å²) in [7, 11) is 1.66. The van der Waals surface area contributed by atoms with Gasteiger partial charge in [-0.05, 0) is 37.5 Å². The minimum atomic E-state index is -0.228. The SMILES string of the molecule is COc1cccc([C@H]2CCCN2C(=O)[C@H](C)n2ccnc2)c1. The van der Waals surface area contributed by atoms with Crippen molar-refractivity contribution in [2.75, 3.05) is 13.7 Å². The van der Waals surface area contributed by atoms with E-state index < -0.39 is 0 Å². The Hall–Kier alpha value is -2.30. The van der Waals surface area contributed by atoms with Crippen LogP contribution in [0.5, 0.6) is 5.75 Å². The zero-order valence-electron chi connectivity index (χ0n) is 13.0. The maximum atomic E-state index is 12.8. The predicted octanol–water partition coefficient (Wildman–Crippen LogP) is 2.82. The second-order valence-corrected chi connectivity index (χ2v) is 5.65. The largest absolute Gasteiger partial charge is 0.497 e. The van der Waals surface area contributed by atoms with Gasteiger partial charge in [-0.3, -0.25) is 4.79 Å². The van der Waals surface area contributed by atoms with Crippen molar-refractivity contribution in [2.24, 2.45) is 0 Å². The Morgan fingerprint density at radius 2 is 2.32 bits per heavy atom. The van der Waals surface area contributed by atoms with Crippen LogP contribution in [0.15, 0.2) is 43.0 Å². The van der Waals surface area contributed by atoms with Crippen molar-refractivity contribution in [1.29, 1.82) is 0 Å². The first-order chi connectivity index (χ1) is 10.7. The van der Waals surface area contributed by atoms with Crippen LogP contribution < -0.4 is 4.74 Å². The van der Waals surface area contributed by atoms with Gasteiger partial charge in [-0.25, -0.2) is 4.98 Å². The monoisotopic (exact) mass is 299 g/mol. The molecule has 2 aromatic rings. The Morgan fingerprint density at radius 1 is 1.45 bits per heavy atom. The zero-order valence-corrected chi connectivity index (χ0v) is 13.0. The zero-order chi connectivity index (χ0) is 15.5. The van der Waals surface area contributed by atoms with E-state index in [4.69, 9.17) is 4.74 Å². The van der Waals surface area contributed by atoms with Crippen molar-refractivity contribution in [3.63, 3.8) is 0 Å². The molecule has 116 valence electrons. The summed E-state index contributed by atoms with van der Waals surface area (Å²) in [6, 6.07) is 7.91. The third kappa shape index (κ3) is 2.71. The molecule has 2 atom stereocenters. The molecule has 0 N–H and O–H groups in total. The van der Waals surface area contributed by atoms with E-state index in [0.717, 1.165) is 30.7 Å². The molecule has 3 rings (SSSR count). The Balaban J connectivity index is 1.82. The summed E-state index contributed by atoms with van der Waals surface area (Å²) >= 11 is 0. The van der Waals surface area contributed by atoms with Gasteiger partial charge in [0.1, 0.15) is 11.8 Å². The lowest BCUT2D eigenvalue weighted by atomic mass is 10.0. The highest BCUT2D eigenvalue weighted by molar-refractivity contribution is 5.80. The Bertz CT molecular complexity index is 639. The molecule has 5 heteroatoms. The van der Waals surface area contributed by atoms with Crippen molar-refractivity contribution in [3.8, 4) is 5.75 Å². The molecule has 1 aliphatic heterocycles. The van der Waals surface area contributed by atoms with E-state index in [0.29, 0.717) is 0 Å². The standard InChI is InChI=1S/C17H21N3O2/c1-13(19-10-8-18-12-19)17(21)20-9-4-7-16(20)14-5-3-6-15(11-14)22-2/h3,5-6,8,10-13,16H,4,7,9H2,1-2H3/t13-,16+/m0/s1. The molecule has 1 fully saturated rings. The number of benzene rings is 1. The summed E-state index contributed by atoms with van der Waals surface area (Å²) in [6.45, 7) is 2.73. The molecule has 1 aliphatic rings. The molecule has 0 radical (unpaired) electrons. The second-order valence-electron chi connectivity index (χ2n) is 5.65. The first kappa shape index (κ1) is 14.6. The van der Waals surface area contributed by atoms with Gasteiger partial charge in [0.15, 0.2) is 0 Å². The number of amides is 1.